The van der Waals surface area contributed by atoms with Gasteiger partial charge in [-0.3, -0.25) is 18.6 Å². The number of phosphoric acid groups is 1. The minimum Gasteiger partial charge on any atom is -0.462 e. The molecule has 0 saturated heterocycles. The predicted octanol–water partition coefficient (Wildman–Crippen LogP) is 15.6. The predicted molar refractivity (Wildman–Crippen MR) is 266 cm³/mol. The van der Waals surface area contributed by atoms with Gasteiger partial charge in [0.1, 0.15) is 6.61 Å². The summed E-state index contributed by atoms with van der Waals surface area (Å²) in [6.07, 6.45) is 59.9. The molecule has 3 N–H and O–H groups in total. The molecule has 0 aliphatic rings. The Kier molecular flexibility index (Phi) is 47.4. The first kappa shape index (κ1) is 60.7. The van der Waals surface area contributed by atoms with Crippen molar-refractivity contribution in [3.05, 3.63) is 60.8 Å². The number of carbonyl (C=O) groups excluding carboxylic acids is 2. The van der Waals surface area contributed by atoms with Crippen molar-refractivity contribution in [1.29, 1.82) is 0 Å². The summed E-state index contributed by atoms with van der Waals surface area (Å²) in [6.45, 7) is 3.66. The number of allylic oxidation sites excluding steroid dienone is 10. The first-order valence-electron chi connectivity index (χ1n) is 25.8. The maximum absolute atomic E-state index is 12.6. The molecule has 10 heteroatoms. The number of unbranched alkanes of at least 4 members (excludes halogenated alkanes) is 25. The van der Waals surface area contributed by atoms with Crippen LogP contribution in [-0.4, -0.2) is 49.3 Å². The monoisotopic (exact) mass is 906 g/mol. The smallest absolute Gasteiger partial charge is 0.462 e. The van der Waals surface area contributed by atoms with Crippen LogP contribution in [0.4, 0.5) is 0 Å². The summed E-state index contributed by atoms with van der Waals surface area (Å²) in [6, 6.07) is 0. The van der Waals surface area contributed by atoms with Crippen molar-refractivity contribution in [3.8, 4) is 0 Å². The Morgan fingerprint density at radius 1 is 0.476 bits per heavy atom. The van der Waals surface area contributed by atoms with Crippen molar-refractivity contribution < 1.29 is 37.6 Å². The van der Waals surface area contributed by atoms with Crippen LogP contribution < -0.4 is 5.73 Å². The fourth-order valence-corrected chi connectivity index (χ4v) is 7.80. The molecule has 366 valence electrons. The van der Waals surface area contributed by atoms with Crippen LogP contribution in [0.2, 0.25) is 0 Å². The van der Waals surface area contributed by atoms with Crippen molar-refractivity contribution in [2.75, 3.05) is 26.4 Å². The molecule has 2 atom stereocenters. The Hall–Kier alpha value is -2.29. The van der Waals surface area contributed by atoms with Crippen molar-refractivity contribution in [3.63, 3.8) is 0 Å². The highest BCUT2D eigenvalue weighted by Crippen LogP contribution is 2.43. The van der Waals surface area contributed by atoms with E-state index in [2.05, 4.69) is 74.6 Å². The molecule has 63 heavy (non-hydrogen) atoms. The molecule has 0 spiro atoms. The van der Waals surface area contributed by atoms with Gasteiger partial charge in [-0.1, -0.05) is 203 Å². The van der Waals surface area contributed by atoms with Crippen LogP contribution in [0, 0.1) is 0 Å². The second-order valence-corrected chi connectivity index (χ2v) is 18.5. The quantitative estimate of drug-likeness (QED) is 0.0265. The Labute approximate surface area is 387 Å². The van der Waals surface area contributed by atoms with Crippen LogP contribution in [0.15, 0.2) is 60.8 Å². The van der Waals surface area contributed by atoms with Crippen LogP contribution in [0.3, 0.4) is 0 Å². The van der Waals surface area contributed by atoms with Crippen molar-refractivity contribution in [2.45, 2.75) is 238 Å². The summed E-state index contributed by atoms with van der Waals surface area (Å²) in [7, 11) is -4.40. The Balaban J connectivity index is 4.12. The van der Waals surface area contributed by atoms with E-state index >= 15 is 0 Å². The third kappa shape index (κ3) is 49.0. The van der Waals surface area contributed by atoms with E-state index in [4.69, 9.17) is 24.3 Å². The van der Waals surface area contributed by atoms with Gasteiger partial charge in [0.2, 0.25) is 0 Å². The number of hydrogen-bond acceptors (Lipinski definition) is 8. The third-order valence-electron chi connectivity index (χ3n) is 10.9. The Bertz CT molecular complexity index is 1220. The van der Waals surface area contributed by atoms with Gasteiger partial charge in [-0.2, -0.15) is 0 Å². The van der Waals surface area contributed by atoms with Crippen LogP contribution in [0.5, 0.6) is 0 Å². The van der Waals surface area contributed by atoms with Crippen LogP contribution in [-0.2, 0) is 32.7 Å². The average molecular weight is 906 g/mol. The topological polar surface area (TPSA) is 134 Å². The average Bonchev–Trinajstić information content (AvgIpc) is 3.27. The van der Waals surface area contributed by atoms with Gasteiger partial charge in [-0.25, -0.2) is 4.57 Å². The van der Waals surface area contributed by atoms with Gasteiger partial charge in [0, 0.05) is 19.4 Å². The fraction of sp³-hybridized carbons (Fsp3) is 0.774. The highest BCUT2D eigenvalue weighted by molar-refractivity contribution is 7.47. The standard InChI is InChI=1S/C53H96NO8P/c1-3-5-7-9-11-13-15-17-19-21-23-24-25-26-28-30-32-34-36-38-40-42-44-46-53(56)62-51(50-61-63(57,58)60-48-47-54)49-59-52(55)45-43-41-39-37-35-33-31-29-27-22-20-18-16-14-12-10-8-6-4-2/h12,14,18,20,27,29,33,35,38,40,51H,3-11,13,15-17,19,21-26,28,30-32,34,36-37,39,41-50,54H2,1-2H3,(H,57,58)/b14-12+,20-18+,29-27+,35-33+,40-38+/t51-/m1/s1. The summed E-state index contributed by atoms with van der Waals surface area (Å²) in [5.74, 6) is -0.899. The molecular weight excluding hydrogens is 810 g/mol. The van der Waals surface area contributed by atoms with E-state index in [1.807, 2.05) is 0 Å². The molecular formula is C53H96NO8P. The Morgan fingerprint density at radius 2 is 0.841 bits per heavy atom. The van der Waals surface area contributed by atoms with Gasteiger partial charge in [-0.05, 0) is 77.0 Å². The number of rotatable bonds is 48. The van der Waals surface area contributed by atoms with Crippen molar-refractivity contribution in [1.82, 2.24) is 0 Å². The lowest BCUT2D eigenvalue weighted by atomic mass is 10.0. The van der Waals surface area contributed by atoms with Gasteiger partial charge in [-0.15, -0.1) is 0 Å². The molecule has 0 aromatic carbocycles. The molecule has 0 saturated carbocycles. The summed E-state index contributed by atoms with van der Waals surface area (Å²) >= 11 is 0. The minimum absolute atomic E-state index is 0.0432. The largest absolute Gasteiger partial charge is 0.472 e. The van der Waals surface area contributed by atoms with E-state index in [0.717, 1.165) is 51.4 Å². The molecule has 0 fully saturated rings. The lowest BCUT2D eigenvalue weighted by Gasteiger charge is -2.19. The van der Waals surface area contributed by atoms with Gasteiger partial charge in [0.15, 0.2) is 6.10 Å². The molecule has 0 rings (SSSR count). The van der Waals surface area contributed by atoms with Crippen LogP contribution in [0.1, 0.15) is 232 Å². The highest BCUT2D eigenvalue weighted by Gasteiger charge is 2.26. The maximum atomic E-state index is 12.6. The van der Waals surface area contributed by atoms with Gasteiger partial charge in [0.25, 0.3) is 0 Å². The summed E-state index contributed by atoms with van der Waals surface area (Å²) < 4.78 is 32.9. The summed E-state index contributed by atoms with van der Waals surface area (Å²) in [4.78, 5) is 35.0. The zero-order valence-electron chi connectivity index (χ0n) is 40.6. The summed E-state index contributed by atoms with van der Waals surface area (Å²) in [5.41, 5.74) is 5.36. The number of hydrogen-bond donors (Lipinski definition) is 2. The van der Waals surface area contributed by atoms with E-state index in [1.165, 1.54) is 141 Å². The summed E-state index contributed by atoms with van der Waals surface area (Å²) in [5, 5.41) is 0. The number of carbonyl (C=O) groups is 2. The molecule has 0 aliphatic carbocycles. The zero-order chi connectivity index (χ0) is 46.0. The van der Waals surface area contributed by atoms with E-state index in [-0.39, 0.29) is 32.6 Å². The van der Waals surface area contributed by atoms with Gasteiger partial charge >= 0.3 is 19.8 Å². The van der Waals surface area contributed by atoms with E-state index in [1.54, 1.807) is 0 Å². The number of nitrogens with two attached hydrogens (primary N) is 1. The Morgan fingerprint density at radius 3 is 1.32 bits per heavy atom. The lowest BCUT2D eigenvalue weighted by molar-refractivity contribution is -0.161. The second kappa shape index (κ2) is 49.2. The molecule has 0 aromatic rings. The SMILES string of the molecule is CCCCC/C=C/C/C=C/C/C=C/C/C=C/CCCCCC(=O)OC[C@H](COP(=O)(O)OCCN)OC(=O)CCC/C=C/CCCCCCCCCCCCCCCCCCCC. The molecule has 0 heterocycles. The maximum Gasteiger partial charge on any atom is 0.472 e. The van der Waals surface area contributed by atoms with Crippen LogP contribution in [0.25, 0.3) is 0 Å². The highest BCUT2D eigenvalue weighted by atomic mass is 31.2. The number of phosphoric ester groups is 1. The third-order valence-corrected chi connectivity index (χ3v) is 11.9. The first-order chi connectivity index (χ1) is 30.8. The van der Waals surface area contributed by atoms with E-state index in [9.17, 15) is 19.0 Å². The van der Waals surface area contributed by atoms with E-state index < -0.39 is 32.5 Å². The lowest BCUT2D eigenvalue weighted by Crippen LogP contribution is -2.29. The van der Waals surface area contributed by atoms with Crippen molar-refractivity contribution in [2.24, 2.45) is 5.73 Å². The van der Waals surface area contributed by atoms with E-state index in [0.29, 0.717) is 12.8 Å². The molecule has 9 nitrogen and oxygen atoms in total. The molecule has 1 unspecified atom stereocenters. The molecule has 0 aromatic heterocycles. The molecule has 0 aliphatic heterocycles. The minimum atomic E-state index is -4.40. The number of esters is 2. The van der Waals surface area contributed by atoms with Crippen LogP contribution >= 0.6 is 7.82 Å². The van der Waals surface area contributed by atoms with Gasteiger partial charge in [0.05, 0.1) is 13.2 Å². The molecule has 0 bridgehead atoms. The second-order valence-electron chi connectivity index (χ2n) is 17.0. The molecule has 0 radical (unpaired) electrons. The normalized spacial score (nSPS) is 13.7. The fourth-order valence-electron chi connectivity index (χ4n) is 7.03. The van der Waals surface area contributed by atoms with Gasteiger partial charge < -0.3 is 20.1 Å². The molecule has 0 amide bonds. The zero-order valence-corrected chi connectivity index (χ0v) is 41.4. The van der Waals surface area contributed by atoms with Crippen molar-refractivity contribution >= 4 is 19.8 Å². The first-order valence-corrected chi connectivity index (χ1v) is 27.3. The number of ether oxygens (including phenoxy) is 2.